The molecule has 10 heteroatoms. The van der Waals surface area contributed by atoms with Crippen LogP contribution in [0.1, 0.15) is 102 Å². The predicted molar refractivity (Wildman–Crippen MR) is 158 cm³/mol. The molecular formula is C29H55N7O3. The Labute approximate surface area is 236 Å². The van der Waals surface area contributed by atoms with E-state index < -0.39 is 6.29 Å². The summed E-state index contributed by atoms with van der Waals surface area (Å²) in [5, 5.41) is 16.8. The summed E-state index contributed by atoms with van der Waals surface area (Å²) in [6.45, 7) is 25.9. The summed E-state index contributed by atoms with van der Waals surface area (Å²) in [6.07, 6.45) is 3.31. The summed E-state index contributed by atoms with van der Waals surface area (Å²) in [5.74, 6) is 1.27. The zero-order valence-electron chi connectivity index (χ0n) is 26.4. The predicted octanol–water partition coefficient (Wildman–Crippen LogP) is 3.88. The molecule has 0 saturated carbocycles. The molecule has 0 aromatic carbocycles. The molecule has 3 N–H and O–H groups in total. The van der Waals surface area contributed by atoms with Crippen LogP contribution in [0.2, 0.25) is 0 Å². The first kappa shape index (κ1) is 31.8. The molecule has 1 aromatic rings. The van der Waals surface area contributed by atoms with Crippen LogP contribution in [0.3, 0.4) is 0 Å². The van der Waals surface area contributed by atoms with Gasteiger partial charge in [-0.05, 0) is 102 Å². The number of aliphatic hydroxyl groups is 1. The number of anilines is 2. The molecule has 0 amide bonds. The molecule has 3 rings (SSSR count). The Morgan fingerprint density at radius 1 is 0.769 bits per heavy atom. The fourth-order valence-electron chi connectivity index (χ4n) is 7.15. The van der Waals surface area contributed by atoms with Crippen molar-refractivity contribution in [3.63, 3.8) is 0 Å². The van der Waals surface area contributed by atoms with Crippen molar-refractivity contribution in [2.45, 2.75) is 142 Å². The number of ether oxygens (including phenoxy) is 2. The second kappa shape index (κ2) is 12.0. The van der Waals surface area contributed by atoms with Gasteiger partial charge in [-0.15, -0.1) is 0 Å². The minimum atomic E-state index is -0.598. The highest BCUT2D eigenvalue weighted by molar-refractivity contribution is 5.43. The summed E-state index contributed by atoms with van der Waals surface area (Å²) in [4.78, 5) is 19.4. The van der Waals surface area contributed by atoms with Crippen LogP contribution in [-0.2, 0) is 4.74 Å². The summed E-state index contributed by atoms with van der Waals surface area (Å²) in [7, 11) is 0. The van der Waals surface area contributed by atoms with Crippen LogP contribution in [0, 0.1) is 0 Å². The van der Waals surface area contributed by atoms with Gasteiger partial charge in [0.2, 0.25) is 11.9 Å². The largest absolute Gasteiger partial charge is 0.434 e. The van der Waals surface area contributed by atoms with Crippen LogP contribution in [-0.4, -0.2) is 86.9 Å². The molecule has 2 saturated heterocycles. The van der Waals surface area contributed by atoms with Gasteiger partial charge in [0.25, 0.3) is 0 Å². The van der Waals surface area contributed by atoms with Gasteiger partial charge in [-0.2, -0.15) is 15.0 Å². The third-order valence-corrected chi connectivity index (χ3v) is 7.72. The number of hydrogen-bond donors (Lipinski definition) is 3. The summed E-state index contributed by atoms with van der Waals surface area (Å²) in [6, 6.07) is 0.774. The number of nitrogens with one attached hydrogen (secondary N) is 2. The average Bonchev–Trinajstić information content (AvgIpc) is 2.74. The molecule has 2 aliphatic heterocycles. The molecule has 0 spiro atoms. The van der Waals surface area contributed by atoms with Crippen LogP contribution < -0.4 is 25.2 Å². The first-order valence-electron chi connectivity index (χ1n) is 14.8. The second-order valence-electron chi connectivity index (χ2n) is 14.0. The van der Waals surface area contributed by atoms with Gasteiger partial charge in [0.15, 0.2) is 6.29 Å². The van der Waals surface area contributed by atoms with Crippen molar-refractivity contribution in [2.24, 2.45) is 0 Å². The molecule has 1 atom stereocenters. The lowest BCUT2D eigenvalue weighted by Crippen LogP contribution is -2.62. The Morgan fingerprint density at radius 3 is 1.49 bits per heavy atom. The van der Waals surface area contributed by atoms with Crippen molar-refractivity contribution in [1.82, 2.24) is 25.6 Å². The Bertz CT molecular complexity index is 857. The Balaban J connectivity index is 2.04. The zero-order chi connectivity index (χ0) is 29.2. The number of hydrogen-bond acceptors (Lipinski definition) is 10. The number of aromatic nitrogens is 3. The lowest BCUT2D eigenvalue weighted by Gasteiger charge is -2.50. The molecule has 1 aromatic heterocycles. The normalized spacial score (nSPS) is 23.3. The monoisotopic (exact) mass is 549 g/mol. The number of rotatable bonds is 11. The van der Waals surface area contributed by atoms with E-state index in [1.165, 1.54) is 0 Å². The van der Waals surface area contributed by atoms with Crippen LogP contribution in [0.4, 0.5) is 11.9 Å². The molecular weight excluding hydrogens is 494 g/mol. The van der Waals surface area contributed by atoms with E-state index in [-0.39, 0.29) is 53.5 Å². The van der Waals surface area contributed by atoms with Crippen LogP contribution in [0.25, 0.3) is 0 Å². The highest BCUT2D eigenvalue weighted by Gasteiger charge is 2.42. The number of nitrogens with zero attached hydrogens (tertiary/aromatic N) is 5. The van der Waals surface area contributed by atoms with Crippen molar-refractivity contribution in [1.29, 1.82) is 0 Å². The third kappa shape index (κ3) is 8.62. The summed E-state index contributed by atoms with van der Waals surface area (Å²) in [5.41, 5.74) is -0.0421. The van der Waals surface area contributed by atoms with Gasteiger partial charge >= 0.3 is 6.01 Å². The summed E-state index contributed by atoms with van der Waals surface area (Å²) >= 11 is 0. The van der Waals surface area contributed by atoms with E-state index in [1.54, 1.807) is 6.92 Å². The van der Waals surface area contributed by atoms with Gasteiger partial charge < -0.3 is 35.0 Å². The molecule has 0 aliphatic carbocycles. The van der Waals surface area contributed by atoms with Crippen molar-refractivity contribution in [3.05, 3.63) is 0 Å². The number of aliphatic hydroxyl groups excluding tert-OH is 1. The molecule has 10 nitrogen and oxygen atoms in total. The average molecular weight is 550 g/mol. The van der Waals surface area contributed by atoms with Gasteiger partial charge in [0.05, 0.1) is 13.2 Å². The molecule has 2 fully saturated rings. The maximum atomic E-state index is 9.19. The van der Waals surface area contributed by atoms with Crippen molar-refractivity contribution in [3.8, 4) is 6.01 Å². The minimum absolute atomic E-state index is 0.0105. The zero-order valence-corrected chi connectivity index (χ0v) is 26.4. The lowest BCUT2D eigenvalue weighted by atomic mass is 9.79. The Hall–Kier alpha value is -1.75. The van der Waals surface area contributed by atoms with E-state index in [0.29, 0.717) is 11.9 Å². The van der Waals surface area contributed by atoms with E-state index in [0.717, 1.165) is 38.8 Å². The van der Waals surface area contributed by atoms with Gasteiger partial charge in [-0.3, -0.25) is 0 Å². The van der Waals surface area contributed by atoms with Crippen LogP contribution >= 0.6 is 0 Å². The standard InChI is InChI=1S/C29H55N7O3/c1-12-35(21-16-26(4,5)33-27(6,7)17-21)23-30-24(32-25(31-23)39-20(3)38-15-14-37)36(13-2)22-18-28(8,9)34-29(10,11)19-22/h20-22,33-34,37H,12-19H2,1-11H3. The minimum Gasteiger partial charge on any atom is -0.434 e. The van der Waals surface area contributed by atoms with Crippen molar-refractivity contribution in [2.75, 3.05) is 36.1 Å². The van der Waals surface area contributed by atoms with Gasteiger partial charge in [0, 0.05) is 47.3 Å². The highest BCUT2D eigenvalue weighted by Crippen LogP contribution is 2.36. The first-order valence-corrected chi connectivity index (χ1v) is 14.8. The SMILES string of the molecule is CCN(c1nc(OC(C)OCCO)nc(N(CC)C2CC(C)(C)NC(C)(C)C2)n1)C1CC(C)(C)NC(C)(C)C1. The third-order valence-electron chi connectivity index (χ3n) is 7.72. The molecule has 0 radical (unpaired) electrons. The molecule has 2 aliphatic rings. The first-order chi connectivity index (χ1) is 18.0. The fourth-order valence-corrected chi connectivity index (χ4v) is 7.15. The molecule has 224 valence electrons. The molecule has 3 heterocycles. The summed E-state index contributed by atoms with van der Waals surface area (Å²) < 4.78 is 11.6. The van der Waals surface area contributed by atoms with Crippen LogP contribution in [0.15, 0.2) is 0 Å². The van der Waals surface area contributed by atoms with E-state index in [4.69, 9.17) is 24.4 Å². The van der Waals surface area contributed by atoms with Gasteiger partial charge in [0.1, 0.15) is 0 Å². The molecule has 1 unspecified atom stereocenters. The lowest BCUT2D eigenvalue weighted by molar-refractivity contribution is -0.0803. The number of piperidine rings is 2. The van der Waals surface area contributed by atoms with E-state index in [2.05, 4.69) is 89.7 Å². The van der Waals surface area contributed by atoms with Crippen molar-refractivity contribution >= 4 is 11.9 Å². The van der Waals surface area contributed by atoms with Crippen LogP contribution in [0.5, 0.6) is 6.01 Å². The maximum Gasteiger partial charge on any atom is 0.325 e. The topological polar surface area (TPSA) is 108 Å². The van der Waals surface area contributed by atoms with E-state index in [9.17, 15) is 5.11 Å². The molecule has 0 bridgehead atoms. The highest BCUT2D eigenvalue weighted by atomic mass is 16.7. The quantitative estimate of drug-likeness (QED) is 0.352. The second-order valence-corrected chi connectivity index (χ2v) is 14.0. The van der Waals surface area contributed by atoms with E-state index in [1.807, 2.05) is 0 Å². The maximum absolute atomic E-state index is 9.19. The smallest absolute Gasteiger partial charge is 0.325 e. The molecule has 39 heavy (non-hydrogen) atoms. The Morgan fingerprint density at radius 2 is 1.15 bits per heavy atom. The van der Waals surface area contributed by atoms with Crippen molar-refractivity contribution < 1.29 is 14.6 Å². The van der Waals surface area contributed by atoms with Gasteiger partial charge in [-0.1, -0.05) is 0 Å². The van der Waals surface area contributed by atoms with E-state index >= 15 is 0 Å². The fraction of sp³-hybridized carbons (Fsp3) is 0.897. The Kier molecular flexibility index (Phi) is 9.78. The van der Waals surface area contributed by atoms with Gasteiger partial charge in [-0.25, -0.2) is 0 Å².